The Morgan fingerprint density at radius 1 is 1.50 bits per heavy atom. The average Bonchev–Trinajstić information content (AvgIpc) is 2.36. The highest BCUT2D eigenvalue weighted by molar-refractivity contribution is 7.99. The van der Waals surface area contributed by atoms with Gasteiger partial charge < -0.3 is 10.0 Å². The highest BCUT2D eigenvalue weighted by atomic mass is 32.2. The molecule has 0 aliphatic heterocycles. The fourth-order valence-electron chi connectivity index (χ4n) is 1.73. The molecular formula is C14H20N2OS. The lowest BCUT2D eigenvalue weighted by Gasteiger charge is -2.22. The molecule has 0 fully saturated rings. The molecule has 1 aromatic rings. The maximum absolute atomic E-state index is 9.32. The summed E-state index contributed by atoms with van der Waals surface area (Å²) < 4.78 is 0. The van der Waals surface area contributed by atoms with E-state index in [2.05, 4.69) is 13.0 Å². The number of hydrogen-bond acceptors (Lipinski definition) is 4. The predicted molar refractivity (Wildman–Crippen MR) is 77.1 cm³/mol. The number of anilines is 1. The van der Waals surface area contributed by atoms with Crippen molar-refractivity contribution in [3.05, 3.63) is 23.8 Å². The Hall–Kier alpha value is -1.18. The minimum atomic E-state index is -0.314. The SMILES string of the molecule is CCSc1cccc(N(C)CCC(C)O)c1C#N. The number of aliphatic hydroxyl groups excluding tert-OH is 1. The van der Waals surface area contributed by atoms with Crippen molar-refractivity contribution in [3.63, 3.8) is 0 Å². The van der Waals surface area contributed by atoms with Gasteiger partial charge in [0.05, 0.1) is 17.4 Å². The Kier molecular flexibility index (Phi) is 6.03. The molecule has 1 atom stereocenters. The molecule has 0 aromatic heterocycles. The minimum Gasteiger partial charge on any atom is -0.393 e. The third kappa shape index (κ3) is 3.94. The van der Waals surface area contributed by atoms with E-state index in [4.69, 9.17) is 0 Å². The van der Waals surface area contributed by atoms with Gasteiger partial charge in [-0.1, -0.05) is 13.0 Å². The van der Waals surface area contributed by atoms with Gasteiger partial charge in [0.1, 0.15) is 6.07 Å². The molecule has 0 heterocycles. The average molecular weight is 264 g/mol. The van der Waals surface area contributed by atoms with E-state index < -0.39 is 0 Å². The van der Waals surface area contributed by atoms with Crippen LogP contribution < -0.4 is 4.90 Å². The van der Waals surface area contributed by atoms with Crippen molar-refractivity contribution in [1.82, 2.24) is 0 Å². The van der Waals surface area contributed by atoms with Gasteiger partial charge in [-0.2, -0.15) is 5.26 Å². The number of rotatable bonds is 6. The molecule has 0 aliphatic rings. The van der Waals surface area contributed by atoms with Crippen LogP contribution in [0.2, 0.25) is 0 Å². The standard InChI is InChI=1S/C14H20N2OS/c1-4-18-14-7-5-6-13(12(14)10-15)16(3)9-8-11(2)17/h5-7,11,17H,4,8-9H2,1-3H3. The van der Waals surface area contributed by atoms with Gasteiger partial charge in [0.2, 0.25) is 0 Å². The second-order valence-electron chi connectivity index (χ2n) is 4.25. The first-order chi connectivity index (χ1) is 8.60. The minimum absolute atomic E-state index is 0.314. The maximum atomic E-state index is 9.32. The van der Waals surface area contributed by atoms with E-state index in [1.54, 1.807) is 18.7 Å². The first-order valence-corrected chi connectivity index (χ1v) is 7.13. The molecule has 0 spiro atoms. The molecule has 1 aromatic carbocycles. The monoisotopic (exact) mass is 264 g/mol. The van der Waals surface area contributed by atoms with Crippen LogP contribution in [0.15, 0.2) is 23.1 Å². The smallest absolute Gasteiger partial charge is 0.103 e. The topological polar surface area (TPSA) is 47.3 Å². The first kappa shape index (κ1) is 14.9. The fourth-order valence-corrected chi connectivity index (χ4v) is 2.51. The van der Waals surface area contributed by atoms with Crippen LogP contribution in [0.3, 0.4) is 0 Å². The molecule has 1 unspecified atom stereocenters. The van der Waals surface area contributed by atoms with Crippen LogP contribution >= 0.6 is 11.8 Å². The lowest BCUT2D eigenvalue weighted by molar-refractivity contribution is 0.187. The third-order valence-electron chi connectivity index (χ3n) is 2.71. The lowest BCUT2D eigenvalue weighted by atomic mass is 10.1. The molecule has 0 bridgehead atoms. The van der Waals surface area contributed by atoms with Crippen LogP contribution in [0, 0.1) is 11.3 Å². The lowest BCUT2D eigenvalue weighted by Crippen LogP contribution is -2.22. The van der Waals surface area contributed by atoms with Crippen LogP contribution in [0.5, 0.6) is 0 Å². The number of thioether (sulfide) groups is 1. The highest BCUT2D eigenvalue weighted by Crippen LogP contribution is 2.29. The van der Waals surface area contributed by atoms with Crippen LogP contribution in [-0.4, -0.2) is 30.6 Å². The number of nitrogens with zero attached hydrogens (tertiary/aromatic N) is 2. The maximum Gasteiger partial charge on any atom is 0.103 e. The quantitative estimate of drug-likeness (QED) is 0.803. The van der Waals surface area contributed by atoms with Gasteiger partial charge in [-0.25, -0.2) is 0 Å². The molecule has 98 valence electrons. The highest BCUT2D eigenvalue weighted by Gasteiger charge is 2.12. The van der Waals surface area contributed by atoms with Gasteiger partial charge in [-0.05, 0) is 31.2 Å². The van der Waals surface area contributed by atoms with E-state index in [9.17, 15) is 10.4 Å². The summed E-state index contributed by atoms with van der Waals surface area (Å²) >= 11 is 1.68. The van der Waals surface area contributed by atoms with Crippen molar-refractivity contribution in [2.45, 2.75) is 31.3 Å². The van der Waals surface area contributed by atoms with Crippen molar-refractivity contribution in [1.29, 1.82) is 5.26 Å². The van der Waals surface area contributed by atoms with Gasteiger partial charge >= 0.3 is 0 Å². The molecule has 0 aliphatic carbocycles. The molecular weight excluding hydrogens is 244 g/mol. The van der Waals surface area contributed by atoms with Crippen molar-refractivity contribution in [2.24, 2.45) is 0 Å². The Morgan fingerprint density at radius 2 is 2.22 bits per heavy atom. The summed E-state index contributed by atoms with van der Waals surface area (Å²) in [6.45, 7) is 4.60. The molecule has 3 nitrogen and oxygen atoms in total. The molecule has 0 saturated carbocycles. The number of aliphatic hydroxyl groups is 1. The normalized spacial score (nSPS) is 11.9. The second kappa shape index (κ2) is 7.30. The van der Waals surface area contributed by atoms with E-state index in [0.717, 1.165) is 28.4 Å². The van der Waals surface area contributed by atoms with Crippen LogP contribution in [0.1, 0.15) is 25.8 Å². The third-order valence-corrected chi connectivity index (χ3v) is 3.65. The van der Waals surface area contributed by atoms with E-state index in [0.29, 0.717) is 6.42 Å². The molecule has 0 saturated heterocycles. The van der Waals surface area contributed by atoms with E-state index in [1.807, 2.05) is 30.1 Å². The largest absolute Gasteiger partial charge is 0.393 e. The molecule has 1 rings (SSSR count). The Bertz CT molecular complexity index is 426. The molecule has 0 radical (unpaired) electrons. The number of hydrogen-bond donors (Lipinski definition) is 1. The summed E-state index contributed by atoms with van der Waals surface area (Å²) in [5, 5.41) is 18.6. The summed E-state index contributed by atoms with van der Waals surface area (Å²) in [5.74, 6) is 0.954. The zero-order chi connectivity index (χ0) is 13.5. The van der Waals surface area contributed by atoms with Crippen LogP contribution in [-0.2, 0) is 0 Å². The fraction of sp³-hybridized carbons (Fsp3) is 0.500. The molecule has 18 heavy (non-hydrogen) atoms. The summed E-state index contributed by atoms with van der Waals surface area (Å²) in [6, 6.07) is 8.22. The zero-order valence-electron chi connectivity index (χ0n) is 11.2. The van der Waals surface area contributed by atoms with Crippen molar-refractivity contribution in [3.8, 4) is 6.07 Å². The van der Waals surface area contributed by atoms with E-state index in [-0.39, 0.29) is 6.10 Å². The molecule has 1 N–H and O–H groups in total. The molecule has 0 amide bonds. The molecule has 4 heteroatoms. The van der Waals surface area contributed by atoms with Crippen LogP contribution in [0.25, 0.3) is 0 Å². The van der Waals surface area contributed by atoms with Crippen molar-refractivity contribution in [2.75, 3.05) is 24.2 Å². The van der Waals surface area contributed by atoms with Gasteiger partial charge in [-0.15, -0.1) is 11.8 Å². The Balaban J connectivity index is 2.94. The Morgan fingerprint density at radius 3 is 2.78 bits per heavy atom. The summed E-state index contributed by atoms with van der Waals surface area (Å²) in [7, 11) is 1.96. The Labute approximate surface area is 113 Å². The van der Waals surface area contributed by atoms with Crippen LogP contribution in [0.4, 0.5) is 5.69 Å². The van der Waals surface area contributed by atoms with Crippen molar-refractivity contribution >= 4 is 17.4 Å². The summed E-state index contributed by atoms with van der Waals surface area (Å²) in [6.07, 6.45) is 0.387. The summed E-state index contributed by atoms with van der Waals surface area (Å²) in [4.78, 5) is 3.06. The van der Waals surface area contributed by atoms with Crippen molar-refractivity contribution < 1.29 is 5.11 Å². The van der Waals surface area contributed by atoms with Gasteiger partial charge in [0.15, 0.2) is 0 Å². The predicted octanol–water partition coefficient (Wildman–Crippen LogP) is 2.88. The number of benzene rings is 1. The summed E-state index contributed by atoms with van der Waals surface area (Å²) in [5.41, 5.74) is 1.68. The van der Waals surface area contributed by atoms with Gasteiger partial charge in [0, 0.05) is 18.5 Å². The zero-order valence-corrected chi connectivity index (χ0v) is 12.0. The van der Waals surface area contributed by atoms with E-state index >= 15 is 0 Å². The van der Waals surface area contributed by atoms with Gasteiger partial charge in [0.25, 0.3) is 0 Å². The van der Waals surface area contributed by atoms with Gasteiger partial charge in [-0.3, -0.25) is 0 Å². The first-order valence-electron chi connectivity index (χ1n) is 6.15. The van der Waals surface area contributed by atoms with E-state index in [1.165, 1.54) is 0 Å². The second-order valence-corrected chi connectivity index (χ2v) is 5.56. The number of nitriles is 1.